The average molecular weight is 708 g/mol. The molecule has 280 valence electrons. The monoisotopic (exact) mass is 707 g/mol. The first kappa shape index (κ1) is 44.5. The van der Waals surface area contributed by atoms with E-state index in [9.17, 15) is 50.0 Å². The molecule has 14 heteroatoms. The normalized spacial score (nSPS) is 26.6. The van der Waals surface area contributed by atoms with Crippen molar-refractivity contribution in [2.24, 2.45) is 0 Å². The van der Waals surface area contributed by atoms with Gasteiger partial charge in [-0.15, -0.1) is 0 Å². The van der Waals surface area contributed by atoms with E-state index < -0.39 is 75.2 Å². The summed E-state index contributed by atoms with van der Waals surface area (Å²) >= 11 is 0. The number of rotatable bonds is 26. The van der Waals surface area contributed by atoms with Gasteiger partial charge in [0.2, 0.25) is 5.91 Å². The summed E-state index contributed by atoms with van der Waals surface area (Å²) in [6.45, 7) is 3.55. The number of hydrogen-bond acceptors (Lipinski definition) is 11. The molecular formula is C34H62NO12P. The highest BCUT2D eigenvalue weighted by Gasteiger charge is 2.51. The third-order valence-corrected chi connectivity index (χ3v) is 9.18. The molecule has 0 saturated heterocycles. The van der Waals surface area contributed by atoms with Crippen LogP contribution in [0.1, 0.15) is 110 Å². The van der Waals surface area contributed by atoms with Crippen LogP contribution in [-0.2, 0) is 18.4 Å². The molecule has 1 rings (SSSR count). The van der Waals surface area contributed by atoms with E-state index in [0.29, 0.717) is 6.42 Å². The van der Waals surface area contributed by atoms with Crippen LogP contribution in [0, 0.1) is 0 Å². The lowest BCUT2D eigenvalue weighted by Crippen LogP contribution is -2.64. The summed E-state index contributed by atoms with van der Waals surface area (Å²) in [6.07, 6.45) is 10.3. The lowest BCUT2D eigenvalue weighted by atomic mass is 9.85. The maximum atomic E-state index is 12.8. The Balaban J connectivity index is 2.79. The third kappa shape index (κ3) is 18.5. The van der Waals surface area contributed by atoms with E-state index in [1.54, 1.807) is 6.08 Å². The molecule has 1 saturated carbocycles. The number of allylic oxidation sites excluding steroid dienone is 4. The van der Waals surface area contributed by atoms with Crippen molar-refractivity contribution < 1.29 is 59.0 Å². The van der Waals surface area contributed by atoms with Gasteiger partial charge in [0.05, 0.1) is 31.3 Å². The zero-order chi connectivity index (χ0) is 36.0. The Morgan fingerprint density at radius 3 is 1.83 bits per heavy atom. The second kappa shape index (κ2) is 25.5. The number of amides is 1. The molecule has 0 aromatic rings. The Bertz CT molecular complexity index is 979. The first-order chi connectivity index (χ1) is 22.8. The number of phosphoric ester groups is 1. The number of hydrogen-bond donors (Lipinski definition) is 9. The van der Waals surface area contributed by atoms with Gasteiger partial charge in [-0.2, -0.15) is 0 Å². The first-order valence-electron chi connectivity index (χ1n) is 17.5. The second-order valence-electron chi connectivity index (χ2n) is 12.5. The fraction of sp³-hybridized carbons (Fsp3) is 0.794. The van der Waals surface area contributed by atoms with Crippen molar-refractivity contribution >= 4 is 13.7 Å². The molecular weight excluding hydrogens is 645 g/mol. The molecule has 9 N–H and O–H groups in total. The fourth-order valence-electron chi connectivity index (χ4n) is 5.19. The Morgan fingerprint density at radius 2 is 1.23 bits per heavy atom. The van der Waals surface area contributed by atoms with Gasteiger partial charge in [-0.1, -0.05) is 95.2 Å². The molecule has 13 nitrogen and oxygen atoms in total. The van der Waals surface area contributed by atoms with E-state index in [0.717, 1.165) is 51.4 Å². The lowest BCUT2D eigenvalue weighted by molar-refractivity contribution is -0.220. The van der Waals surface area contributed by atoms with E-state index in [-0.39, 0.29) is 12.8 Å². The van der Waals surface area contributed by atoms with Gasteiger partial charge >= 0.3 is 7.82 Å². The zero-order valence-electron chi connectivity index (χ0n) is 28.6. The predicted molar refractivity (Wildman–Crippen MR) is 183 cm³/mol. The standard InChI is InChI=1S/C34H62NO12P/c1-3-5-7-9-11-12-13-14-16-18-20-22-27(37)26(35-28(38)23-25(36)21-19-17-15-10-8-6-4-2)24-46-48(44,45)47-34-32(42)30(40)29(39)31(41)33(34)43/h13-14,17,19-20,22,25-27,29-34,36-37,39-43H,3-12,15-16,18,21,23-24H2,1-2H3,(H,35,38)(H,44,45)/b14-13+,19-17-,22-20+. The Labute approximate surface area is 286 Å². The first-order valence-corrected chi connectivity index (χ1v) is 19.0. The maximum Gasteiger partial charge on any atom is 0.472 e. The quantitative estimate of drug-likeness (QED) is 0.0359. The van der Waals surface area contributed by atoms with Gasteiger partial charge in [0.25, 0.3) is 0 Å². The van der Waals surface area contributed by atoms with Gasteiger partial charge in [-0.3, -0.25) is 13.8 Å². The van der Waals surface area contributed by atoms with Crippen LogP contribution in [0.3, 0.4) is 0 Å². The SMILES string of the molecule is CCCCCC/C=C\CC(O)CC(=O)NC(COP(=O)(O)OC1C(O)C(O)C(O)C(O)C1O)C(O)/C=C/CC/C=C/CCCCCCC. The van der Waals surface area contributed by atoms with E-state index in [1.165, 1.54) is 31.8 Å². The summed E-state index contributed by atoms with van der Waals surface area (Å²) < 4.78 is 22.6. The van der Waals surface area contributed by atoms with Gasteiger partial charge < -0.3 is 46.0 Å². The summed E-state index contributed by atoms with van der Waals surface area (Å²) in [4.78, 5) is 23.1. The van der Waals surface area contributed by atoms with Crippen molar-refractivity contribution in [3.8, 4) is 0 Å². The molecule has 1 aliphatic rings. The summed E-state index contributed by atoms with van der Waals surface area (Å²) in [5, 5.41) is 73.5. The molecule has 8 unspecified atom stereocenters. The van der Waals surface area contributed by atoms with E-state index >= 15 is 0 Å². The van der Waals surface area contributed by atoms with Crippen LogP contribution in [0.5, 0.6) is 0 Å². The summed E-state index contributed by atoms with van der Waals surface area (Å²) in [5.74, 6) is -0.645. The van der Waals surface area contributed by atoms with Crippen molar-refractivity contribution in [3.63, 3.8) is 0 Å². The van der Waals surface area contributed by atoms with Gasteiger partial charge in [-0.25, -0.2) is 4.57 Å². The molecule has 1 aliphatic carbocycles. The van der Waals surface area contributed by atoms with E-state index in [2.05, 4.69) is 31.3 Å². The number of nitrogens with one attached hydrogen (secondary N) is 1. The van der Waals surface area contributed by atoms with Crippen molar-refractivity contribution in [1.29, 1.82) is 0 Å². The van der Waals surface area contributed by atoms with Crippen LogP contribution in [0.2, 0.25) is 0 Å². The summed E-state index contributed by atoms with van der Waals surface area (Å²) in [7, 11) is -5.14. The molecule has 0 heterocycles. The van der Waals surface area contributed by atoms with Crippen LogP contribution in [0.25, 0.3) is 0 Å². The zero-order valence-corrected chi connectivity index (χ0v) is 29.5. The number of aliphatic hydroxyl groups excluding tert-OH is 7. The average Bonchev–Trinajstić information content (AvgIpc) is 3.05. The smallest absolute Gasteiger partial charge is 0.392 e. The molecule has 0 aromatic heterocycles. The topological polar surface area (TPSA) is 226 Å². The highest BCUT2D eigenvalue weighted by Crippen LogP contribution is 2.47. The van der Waals surface area contributed by atoms with E-state index in [1.807, 2.05) is 12.2 Å². The lowest BCUT2D eigenvalue weighted by Gasteiger charge is -2.41. The number of carbonyl (C=O) groups excluding carboxylic acids is 1. The van der Waals surface area contributed by atoms with Crippen LogP contribution in [0.4, 0.5) is 0 Å². The Hall–Kier alpha value is -1.48. The number of carbonyl (C=O) groups is 1. The largest absolute Gasteiger partial charge is 0.472 e. The van der Waals surface area contributed by atoms with Crippen molar-refractivity contribution in [1.82, 2.24) is 5.32 Å². The van der Waals surface area contributed by atoms with Gasteiger partial charge in [-0.05, 0) is 44.9 Å². The van der Waals surface area contributed by atoms with Gasteiger partial charge in [0.15, 0.2) is 0 Å². The molecule has 8 atom stereocenters. The molecule has 1 fully saturated rings. The predicted octanol–water partition coefficient (Wildman–Crippen LogP) is 3.07. The van der Waals surface area contributed by atoms with Gasteiger partial charge in [0.1, 0.15) is 36.6 Å². The minimum Gasteiger partial charge on any atom is -0.392 e. The van der Waals surface area contributed by atoms with Crippen LogP contribution < -0.4 is 5.32 Å². The molecule has 0 radical (unpaired) electrons. The van der Waals surface area contributed by atoms with Gasteiger partial charge in [0, 0.05) is 0 Å². The van der Waals surface area contributed by atoms with Crippen molar-refractivity contribution in [2.45, 2.75) is 165 Å². The summed E-state index contributed by atoms with van der Waals surface area (Å²) in [5.41, 5.74) is 0. The Kier molecular flexibility index (Phi) is 23.6. The molecule has 0 aromatic carbocycles. The number of phosphoric acid groups is 1. The Morgan fingerprint density at radius 1 is 0.729 bits per heavy atom. The minimum absolute atomic E-state index is 0.245. The molecule has 0 spiro atoms. The van der Waals surface area contributed by atoms with Crippen molar-refractivity contribution in [3.05, 3.63) is 36.5 Å². The minimum atomic E-state index is -5.14. The van der Waals surface area contributed by atoms with Crippen LogP contribution in [-0.4, -0.2) is 108 Å². The number of unbranched alkanes of at least 4 members (excludes halogenated alkanes) is 10. The van der Waals surface area contributed by atoms with Crippen molar-refractivity contribution in [2.75, 3.05) is 6.61 Å². The fourth-order valence-corrected chi connectivity index (χ4v) is 6.16. The third-order valence-electron chi connectivity index (χ3n) is 8.20. The number of aliphatic hydroxyl groups is 7. The van der Waals surface area contributed by atoms with E-state index in [4.69, 9.17) is 9.05 Å². The second-order valence-corrected chi connectivity index (χ2v) is 14.0. The van der Waals surface area contributed by atoms with Crippen LogP contribution >= 0.6 is 7.82 Å². The molecule has 48 heavy (non-hydrogen) atoms. The highest BCUT2D eigenvalue weighted by atomic mass is 31.2. The summed E-state index contributed by atoms with van der Waals surface area (Å²) in [6, 6.07) is -1.27. The molecule has 1 amide bonds. The van der Waals surface area contributed by atoms with Crippen LogP contribution in [0.15, 0.2) is 36.5 Å². The molecule has 0 aliphatic heterocycles. The maximum absolute atomic E-state index is 12.8. The highest BCUT2D eigenvalue weighted by molar-refractivity contribution is 7.47. The molecule has 0 bridgehead atoms.